The third kappa shape index (κ3) is 3.74. The van der Waals surface area contributed by atoms with Crippen LogP contribution in [-0.4, -0.2) is 4.98 Å². The van der Waals surface area contributed by atoms with Gasteiger partial charge in [-0.05, 0) is 30.5 Å². The number of nitrogen functional groups attached to an aromatic ring is 1. The SMILES string of the molecule is Cl.Nc1ccc(Cc2nc(C3CCCCC3)cs2)cc1. The van der Waals surface area contributed by atoms with Crippen molar-refractivity contribution in [3.8, 4) is 0 Å². The van der Waals surface area contributed by atoms with Crippen LogP contribution in [0.3, 0.4) is 0 Å². The highest BCUT2D eigenvalue weighted by Gasteiger charge is 2.18. The van der Waals surface area contributed by atoms with Crippen LogP contribution in [0.5, 0.6) is 0 Å². The van der Waals surface area contributed by atoms with Crippen LogP contribution in [0, 0.1) is 0 Å². The highest BCUT2D eigenvalue weighted by atomic mass is 35.5. The molecular weight excluding hydrogens is 288 g/mol. The van der Waals surface area contributed by atoms with Gasteiger partial charge in [-0.15, -0.1) is 23.7 Å². The molecule has 2 N–H and O–H groups in total. The first-order chi connectivity index (χ1) is 9.31. The molecule has 1 heterocycles. The topological polar surface area (TPSA) is 38.9 Å². The predicted octanol–water partition coefficient (Wildman–Crippen LogP) is 4.79. The van der Waals surface area contributed by atoms with Crippen molar-refractivity contribution < 1.29 is 0 Å². The smallest absolute Gasteiger partial charge is 0.0972 e. The first kappa shape index (κ1) is 15.3. The van der Waals surface area contributed by atoms with Gasteiger partial charge in [-0.2, -0.15) is 0 Å². The third-order valence-corrected chi connectivity index (χ3v) is 4.80. The van der Waals surface area contributed by atoms with E-state index in [9.17, 15) is 0 Å². The van der Waals surface area contributed by atoms with Crippen molar-refractivity contribution in [3.05, 3.63) is 45.9 Å². The molecule has 1 aromatic heterocycles. The summed E-state index contributed by atoms with van der Waals surface area (Å²) in [6, 6.07) is 8.12. The molecular formula is C16H21ClN2S. The average Bonchev–Trinajstić information content (AvgIpc) is 2.91. The van der Waals surface area contributed by atoms with Gasteiger partial charge in [0.15, 0.2) is 0 Å². The van der Waals surface area contributed by atoms with Crippen LogP contribution in [0.2, 0.25) is 0 Å². The Bertz CT molecular complexity index is 530. The van der Waals surface area contributed by atoms with Gasteiger partial charge in [0.05, 0.1) is 10.7 Å². The molecule has 1 fully saturated rings. The summed E-state index contributed by atoms with van der Waals surface area (Å²) in [5.41, 5.74) is 9.15. The normalized spacial score (nSPS) is 15.8. The molecule has 1 aromatic carbocycles. The minimum atomic E-state index is 0. The fourth-order valence-corrected chi connectivity index (χ4v) is 3.71. The van der Waals surface area contributed by atoms with Crippen molar-refractivity contribution in [3.63, 3.8) is 0 Å². The highest BCUT2D eigenvalue weighted by Crippen LogP contribution is 2.33. The van der Waals surface area contributed by atoms with Crippen molar-refractivity contribution in [1.29, 1.82) is 0 Å². The second-order valence-electron chi connectivity index (χ2n) is 5.42. The molecule has 0 amide bonds. The molecule has 0 atom stereocenters. The Balaban J connectivity index is 0.00000147. The zero-order chi connectivity index (χ0) is 13.1. The maximum Gasteiger partial charge on any atom is 0.0972 e. The first-order valence-electron chi connectivity index (χ1n) is 7.10. The van der Waals surface area contributed by atoms with Gasteiger partial charge in [-0.1, -0.05) is 31.4 Å². The summed E-state index contributed by atoms with van der Waals surface area (Å²) < 4.78 is 0. The van der Waals surface area contributed by atoms with Crippen LogP contribution in [0.25, 0.3) is 0 Å². The van der Waals surface area contributed by atoms with Gasteiger partial charge in [-0.3, -0.25) is 0 Å². The summed E-state index contributed by atoms with van der Waals surface area (Å²) >= 11 is 1.80. The number of halogens is 1. The Kier molecular flexibility index (Phi) is 5.44. The molecule has 1 aliphatic rings. The predicted molar refractivity (Wildman–Crippen MR) is 88.8 cm³/mol. The molecule has 1 saturated carbocycles. The third-order valence-electron chi connectivity index (χ3n) is 3.93. The van der Waals surface area contributed by atoms with Gasteiger partial charge in [-0.25, -0.2) is 4.98 Å². The van der Waals surface area contributed by atoms with Gasteiger partial charge < -0.3 is 5.73 Å². The van der Waals surface area contributed by atoms with Crippen molar-refractivity contribution >= 4 is 29.4 Å². The molecule has 0 bridgehead atoms. The maximum absolute atomic E-state index is 5.71. The molecule has 0 saturated heterocycles. The molecule has 0 unspecified atom stereocenters. The quantitative estimate of drug-likeness (QED) is 0.828. The monoisotopic (exact) mass is 308 g/mol. The maximum atomic E-state index is 5.71. The minimum absolute atomic E-state index is 0. The van der Waals surface area contributed by atoms with E-state index in [2.05, 4.69) is 17.5 Å². The van der Waals surface area contributed by atoms with E-state index < -0.39 is 0 Å². The Morgan fingerprint density at radius 3 is 2.50 bits per heavy atom. The largest absolute Gasteiger partial charge is 0.399 e. The van der Waals surface area contributed by atoms with E-state index in [1.165, 1.54) is 48.4 Å². The van der Waals surface area contributed by atoms with E-state index in [4.69, 9.17) is 10.7 Å². The van der Waals surface area contributed by atoms with E-state index in [1.807, 2.05) is 12.1 Å². The standard InChI is InChI=1S/C16H20N2S.ClH/c17-14-8-6-12(7-9-14)10-16-18-15(11-19-16)13-4-2-1-3-5-13;/h6-9,11,13H,1-5,10,17H2;1H. The number of aromatic nitrogens is 1. The van der Waals surface area contributed by atoms with E-state index in [1.54, 1.807) is 11.3 Å². The minimum Gasteiger partial charge on any atom is -0.399 e. The molecule has 0 radical (unpaired) electrons. The lowest BCUT2D eigenvalue weighted by atomic mass is 9.87. The number of nitrogens with zero attached hydrogens (tertiary/aromatic N) is 1. The number of hydrogen-bond acceptors (Lipinski definition) is 3. The summed E-state index contributed by atoms with van der Waals surface area (Å²) in [4.78, 5) is 4.84. The second kappa shape index (κ2) is 7.09. The zero-order valence-electron chi connectivity index (χ0n) is 11.5. The number of hydrogen-bond donors (Lipinski definition) is 1. The van der Waals surface area contributed by atoms with Crippen LogP contribution in [0.4, 0.5) is 5.69 Å². The lowest BCUT2D eigenvalue weighted by Gasteiger charge is -2.19. The van der Waals surface area contributed by atoms with Crippen LogP contribution in [-0.2, 0) is 6.42 Å². The molecule has 2 nitrogen and oxygen atoms in total. The van der Waals surface area contributed by atoms with Crippen molar-refractivity contribution in [1.82, 2.24) is 4.98 Å². The number of benzene rings is 1. The molecule has 1 aliphatic carbocycles. The molecule has 20 heavy (non-hydrogen) atoms. The van der Waals surface area contributed by atoms with Gasteiger partial charge in [0.2, 0.25) is 0 Å². The molecule has 108 valence electrons. The number of thiazole rings is 1. The van der Waals surface area contributed by atoms with Gasteiger partial charge in [0, 0.05) is 23.4 Å². The van der Waals surface area contributed by atoms with E-state index >= 15 is 0 Å². The summed E-state index contributed by atoms with van der Waals surface area (Å²) in [5.74, 6) is 0.713. The Morgan fingerprint density at radius 1 is 1.10 bits per heavy atom. The molecule has 2 aromatic rings. The van der Waals surface area contributed by atoms with Crippen molar-refractivity contribution in [2.75, 3.05) is 5.73 Å². The number of nitrogens with two attached hydrogens (primary N) is 1. The Hall–Kier alpha value is -1.06. The second-order valence-corrected chi connectivity index (χ2v) is 6.36. The summed E-state index contributed by atoms with van der Waals surface area (Å²) in [6.45, 7) is 0. The lowest BCUT2D eigenvalue weighted by Crippen LogP contribution is -2.04. The average molecular weight is 309 g/mol. The number of rotatable bonds is 3. The summed E-state index contributed by atoms with van der Waals surface area (Å²) in [6.07, 6.45) is 7.72. The van der Waals surface area contributed by atoms with E-state index in [0.717, 1.165) is 12.1 Å². The number of anilines is 1. The van der Waals surface area contributed by atoms with Crippen molar-refractivity contribution in [2.24, 2.45) is 0 Å². The molecule has 0 aliphatic heterocycles. The lowest BCUT2D eigenvalue weighted by molar-refractivity contribution is 0.437. The Morgan fingerprint density at radius 2 is 1.80 bits per heavy atom. The van der Waals surface area contributed by atoms with Gasteiger partial charge in [0.1, 0.15) is 0 Å². The first-order valence-corrected chi connectivity index (χ1v) is 7.98. The van der Waals surface area contributed by atoms with Crippen LogP contribution >= 0.6 is 23.7 Å². The zero-order valence-corrected chi connectivity index (χ0v) is 13.2. The molecule has 0 spiro atoms. The van der Waals surface area contributed by atoms with Crippen LogP contribution in [0.1, 0.15) is 54.3 Å². The van der Waals surface area contributed by atoms with E-state index in [0.29, 0.717) is 5.92 Å². The Labute approximate surface area is 130 Å². The van der Waals surface area contributed by atoms with E-state index in [-0.39, 0.29) is 12.4 Å². The fourth-order valence-electron chi connectivity index (χ4n) is 2.80. The fraction of sp³-hybridized carbons (Fsp3) is 0.438. The van der Waals surface area contributed by atoms with Crippen molar-refractivity contribution in [2.45, 2.75) is 44.4 Å². The van der Waals surface area contributed by atoms with Gasteiger partial charge >= 0.3 is 0 Å². The molecule has 3 rings (SSSR count). The van der Waals surface area contributed by atoms with Gasteiger partial charge in [0.25, 0.3) is 0 Å². The van der Waals surface area contributed by atoms with Crippen LogP contribution < -0.4 is 5.73 Å². The molecule has 4 heteroatoms. The van der Waals surface area contributed by atoms with Crippen LogP contribution in [0.15, 0.2) is 29.6 Å². The summed E-state index contributed by atoms with van der Waals surface area (Å²) in [5, 5.41) is 3.49. The summed E-state index contributed by atoms with van der Waals surface area (Å²) in [7, 11) is 0. The highest BCUT2D eigenvalue weighted by molar-refractivity contribution is 7.09.